The molecule has 3 aromatic carbocycles. The van der Waals surface area contributed by atoms with Crippen molar-refractivity contribution in [2.24, 2.45) is 0 Å². The number of esters is 1. The van der Waals surface area contributed by atoms with E-state index in [1.165, 1.54) is 6.07 Å². The summed E-state index contributed by atoms with van der Waals surface area (Å²) in [5.41, 5.74) is 2.34. The molecular formula is C21H15F2NO3. The SMILES string of the molecule is O=C(COC(=O)c1ccc(-c2ccccc2)cc1)Nc1ccc(F)c(F)c1. The number of ether oxygens (including phenoxy) is 1. The van der Waals surface area contributed by atoms with Gasteiger partial charge in [0.15, 0.2) is 18.2 Å². The predicted molar refractivity (Wildman–Crippen MR) is 97.1 cm³/mol. The second-order valence-electron chi connectivity index (χ2n) is 5.70. The third-order valence-corrected chi connectivity index (χ3v) is 3.77. The van der Waals surface area contributed by atoms with Crippen LogP contribution in [-0.2, 0) is 9.53 Å². The van der Waals surface area contributed by atoms with E-state index in [0.717, 1.165) is 23.3 Å². The topological polar surface area (TPSA) is 55.4 Å². The maximum absolute atomic E-state index is 13.1. The number of benzene rings is 3. The molecule has 0 radical (unpaired) electrons. The van der Waals surface area contributed by atoms with Crippen molar-refractivity contribution in [3.05, 3.63) is 90.0 Å². The van der Waals surface area contributed by atoms with Crippen LogP contribution in [0.2, 0.25) is 0 Å². The molecule has 27 heavy (non-hydrogen) atoms. The Morgan fingerprint density at radius 3 is 2.15 bits per heavy atom. The summed E-state index contributed by atoms with van der Waals surface area (Å²) in [6, 6.07) is 19.4. The van der Waals surface area contributed by atoms with Gasteiger partial charge >= 0.3 is 5.97 Å². The zero-order valence-corrected chi connectivity index (χ0v) is 14.1. The standard InChI is InChI=1S/C21H15F2NO3/c22-18-11-10-17(12-19(18)23)24-20(25)13-27-21(26)16-8-6-15(7-9-16)14-4-2-1-3-5-14/h1-12H,13H2,(H,24,25). The lowest BCUT2D eigenvalue weighted by Crippen LogP contribution is -2.21. The molecule has 0 saturated heterocycles. The largest absolute Gasteiger partial charge is 0.452 e. The quantitative estimate of drug-likeness (QED) is 0.679. The lowest BCUT2D eigenvalue weighted by molar-refractivity contribution is -0.119. The third-order valence-electron chi connectivity index (χ3n) is 3.77. The van der Waals surface area contributed by atoms with Gasteiger partial charge in [-0.3, -0.25) is 4.79 Å². The van der Waals surface area contributed by atoms with Crippen LogP contribution in [0.1, 0.15) is 10.4 Å². The van der Waals surface area contributed by atoms with Crippen LogP contribution in [0.15, 0.2) is 72.8 Å². The summed E-state index contributed by atoms with van der Waals surface area (Å²) >= 11 is 0. The molecule has 6 heteroatoms. The van der Waals surface area contributed by atoms with E-state index in [0.29, 0.717) is 5.56 Å². The fourth-order valence-corrected chi connectivity index (χ4v) is 2.41. The van der Waals surface area contributed by atoms with Gasteiger partial charge in [-0.2, -0.15) is 0 Å². The second kappa shape index (κ2) is 8.23. The summed E-state index contributed by atoms with van der Waals surface area (Å²) in [5.74, 6) is -3.41. The zero-order chi connectivity index (χ0) is 19.2. The molecule has 0 aliphatic carbocycles. The van der Waals surface area contributed by atoms with E-state index in [9.17, 15) is 18.4 Å². The summed E-state index contributed by atoms with van der Waals surface area (Å²) in [5, 5.41) is 2.32. The summed E-state index contributed by atoms with van der Waals surface area (Å²) in [6.07, 6.45) is 0. The average Bonchev–Trinajstić information content (AvgIpc) is 2.70. The van der Waals surface area contributed by atoms with Crippen LogP contribution in [0.3, 0.4) is 0 Å². The Bertz CT molecular complexity index is 957. The van der Waals surface area contributed by atoms with E-state index in [2.05, 4.69) is 5.32 Å². The highest BCUT2D eigenvalue weighted by atomic mass is 19.2. The van der Waals surface area contributed by atoms with Crippen molar-refractivity contribution in [2.75, 3.05) is 11.9 Å². The number of hydrogen-bond donors (Lipinski definition) is 1. The molecule has 0 aromatic heterocycles. The fourth-order valence-electron chi connectivity index (χ4n) is 2.41. The van der Waals surface area contributed by atoms with Crippen LogP contribution in [-0.4, -0.2) is 18.5 Å². The summed E-state index contributed by atoms with van der Waals surface area (Å²) in [4.78, 5) is 23.8. The third kappa shape index (κ3) is 4.76. The molecule has 0 saturated carbocycles. The Morgan fingerprint density at radius 2 is 1.48 bits per heavy atom. The van der Waals surface area contributed by atoms with Gasteiger partial charge in [0.1, 0.15) is 0 Å². The van der Waals surface area contributed by atoms with Gasteiger partial charge in [-0.1, -0.05) is 42.5 Å². The maximum Gasteiger partial charge on any atom is 0.338 e. The van der Waals surface area contributed by atoms with Crippen molar-refractivity contribution < 1.29 is 23.1 Å². The molecule has 3 aromatic rings. The number of carbonyl (C=O) groups excluding carboxylic acids is 2. The van der Waals surface area contributed by atoms with E-state index < -0.39 is 30.1 Å². The highest BCUT2D eigenvalue weighted by molar-refractivity contribution is 5.95. The lowest BCUT2D eigenvalue weighted by Gasteiger charge is -2.08. The fraction of sp³-hybridized carbons (Fsp3) is 0.0476. The van der Waals surface area contributed by atoms with Crippen molar-refractivity contribution in [1.29, 1.82) is 0 Å². The first kappa shape index (κ1) is 18.3. The number of rotatable bonds is 5. The van der Waals surface area contributed by atoms with Crippen LogP contribution in [0.4, 0.5) is 14.5 Å². The first-order valence-electron chi connectivity index (χ1n) is 8.10. The minimum atomic E-state index is -1.08. The highest BCUT2D eigenvalue weighted by Gasteiger charge is 2.11. The molecule has 0 unspecified atom stereocenters. The van der Waals surface area contributed by atoms with Crippen LogP contribution >= 0.6 is 0 Å². The lowest BCUT2D eigenvalue weighted by atomic mass is 10.0. The minimum absolute atomic E-state index is 0.0714. The van der Waals surface area contributed by atoms with Gasteiger partial charge in [0.2, 0.25) is 0 Å². The molecule has 0 bridgehead atoms. The average molecular weight is 367 g/mol. The van der Waals surface area contributed by atoms with Gasteiger partial charge < -0.3 is 10.1 Å². The van der Waals surface area contributed by atoms with Gasteiger partial charge in [0.05, 0.1) is 5.56 Å². The number of amides is 1. The van der Waals surface area contributed by atoms with Gasteiger partial charge in [0, 0.05) is 11.8 Å². The number of anilines is 1. The molecule has 1 N–H and O–H groups in total. The van der Waals surface area contributed by atoms with Crippen LogP contribution in [0, 0.1) is 11.6 Å². The molecule has 0 aliphatic heterocycles. The number of carbonyl (C=O) groups is 2. The molecule has 3 rings (SSSR count). The van der Waals surface area contributed by atoms with E-state index in [1.807, 2.05) is 30.3 Å². The van der Waals surface area contributed by atoms with Crippen LogP contribution in [0.25, 0.3) is 11.1 Å². The number of halogens is 2. The van der Waals surface area contributed by atoms with Crippen molar-refractivity contribution in [2.45, 2.75) is 0 Å². The van der Waals surface area contributed by atoms with E-state index >= 15 is 0 Å². The second-order valence-corrected chi connectivity index (χ2v) is 5.70. The van der Waals surface area contributed by atoms with E-state index in [-0.39, 0.29) is 5.69 Å². The molecule has 0 aliphatic rings. The molecule has 4 nitrogen and oxygen atoms in total. The minimum Gasteiger partial charge on any atom is -0.452 e. The Kier molecular flexibility index (Phi) is 5.56. The summed E-state index contributed by atoms with van der Waals surface area (Å²) in [7, 11) is 0. The van der Waals surface area contributed by atoms with Crippen molar-refractivity contribution >= 4 is 17.6 Å². The monoisotopic (exact) mass is 367 g/mol. The Hall–Kier alpha value is -3.54. The Balaban J connectivity index is 1.55. The van der Waals surface area contributed by atoms with Crippen molar-refractivity contribution in [1.82, 2.24) is 0 Å². The highest BCUT2D eigenvalue weighted by Crippen LogP contribution is 2.19. The Morgan fingerprint density at radius 1 is 0.815 bits per heavy atom. The first-order chi connectivity index (χ1) is 13.0. The summed E-state index contributed by atoms with van der Waals surface area (Å²) < 4.78 is 30.9. The smallest absolute Gasteiger partial charge is 0.338 e. The van der Waals surface area contributed by atoms with Crippen molar-refractivity contribution in [3.8, 4) is 11.1 Å². The van der Waals surface area contributed by atoms with Crippen LogP contribution in [0.5, 0.6) is 0 Å². The summed E-state index contributed by atoms with van der Waals surface area (Å²) in [6.45, 7) is -0.543. The van der Waals surface area contributed by atoms with Gasteiger partial charge in [-0.15, -0.1) is 0 Å². The molecule has 0 spiro atoms. The molecule has 0 atom stereocenters. The Labute approximate surface area is 154 Å². The van der Waals surface area contributed by atoms with Crippen molar-refractivity contribution in [3.63, 3.8) is 0 Å². The van der Waals surface area contributed by atoms with E-state index in [4.69, 9.17) is 4.74 Å². The maximum atomic E-state index is 13.1. The normalized spacial score (nSPS) is 10.3. The molecule has 0 heterocycles. The van der Waals surface area contributed by atoms with Gasteiger partial charge in [-0.05, 0) is 35.4 Å². The molecule has 1 amide bonds. The zero-order valence-electron chi connectivity index (χ0n) is 14.1. The molecule has 136 valence electrons. The molecular weight excluding hydrogens is 352 g/mol. The van der Waals surface area contributed by atoms with Gasteiger partial charge in [-0.25, -0.2) is 13.6 Å². The number of nitrogens with one attached hydrogen (secondary N) is 1. The van der Waals surface area contributed by atoms with E-state index in [1.54, 1.807) is 24.3 Å². The first-order valence-corrected chi connectivity index (χ1v) is 8.10. The van der Waals surface area contributed by atoms with Gasteiger partial charge in [0.25, 0.3) is 5.91 Å². The number of hydrogen-bond acceptors (Lipinski definition) is 3. The predicted octanol–water partition coefficient (Wildman–Crippen LogP) is 4.43. The van der Waals surface area contributed by atoms with Crippen LogP contribution < -0.4 is 5.32 Å². The molecule has 0 fully saturated rings.